The number of likely N-dealkylation sites (N-methyl/N-ethyl adjacent to an activating group) is 2. The topological polar surface area (TPSA) is 27.7 Å². The van der Waals surface area contributed by atoms with Gasteiger partial charge in [-0.2, -0.15) is 0 Å². The first kappa shape index (κ1) is 18.0. The first-order valence-electron chi connectivity index (χ1n) is 7.78. The van der Waals surface area contributed by atoms with Gasteiger partial charge in [0.05, 0.1) is 7.11 Å². The number of benzene rings is 1. The van der Waals surface area contributed by atoms with E-state index in [1.807, 2.05) is 12.1 Å². The van der Waals surface area contributed by atoms with Gasteiger partial charge in [0.15, 0.2) is 0 Å². The standard InChI is InChI=1S/C17H31N3O/c1-6-11-18-16(14-20(4)13-12-19(2)3)15-9-7-8-10-17(15)21-5/h7-10,16,18H,6,11-14H2,1-5H3. The van der Waals surface area contributed by atoms with Gasteiger partial charge in [0.25, 0.3) is 0 Å². The molecule has 0 saturated carbocycles. The first-order valence-corrected chi connectivity index (χ1v) is 7.78. The average Bonchev–Trinajstić information content (AvgIpc) is 2.49. The highest BCUT2D eigenvalue weighted by molar-refractivity contribution is 5.36. The summed E-state index contributed by atoms with van der Waals surface area (Å²) in [5.74, 6) is 0.965. The molecule has 4 nitrogen and oxygen atoms in total. The predicted octanol–water partition coefficient (Wildman–Crippen LogP) is 2.23. The van der Waals surface area contributed by atoms with Crippen molar-refractivity contribution in [2.24, 2.45) is 0 Å². The second-order valence-corrected chi connectivity index (χ2v) is 5.81. The Balaban J connectivity index is 2.75. The lowest BCUT2D eigenvalue weighted by molar-refractivity contribution is 0.254. The molecule has 1 aromatic rings. The van der Waals surface area contributed by atoms with Crippen molar-refractivity contribution in [3.05, 3.63) is 29.8 Å². The first-order chi connectivity index (χ1) is 10.1. The quantitative estimate of drug-likeness (QED) is 0.716. The zero-order chi connectivity index (χ0) is 15.7. The molecule has 120 valence electrons. The lowest BCUT2D eigenvalue weighted by atomic mass is 10.0. The van der Waals surface area contributed by atoms with Gasteiger partial charge in [-0.25, -0.2) is 0 Å². The van der Waals surface area contributed by atoms with Gasteiger partial charge in [-0.05, 0) is 40.2 Å². The molecule has 0 radical (unpaired) electrons. The Morgan fingerprint density at radius 1 is 1.14 bits per heavy atom. The summed E-state index contributed by atoms with van der Waals surface area (Å²) in [5.41, 5.74) is 1.24. The molecule has 1 unspecified atom stereocenters. The number of para-hydroxylation sites is 1. The number of hydrogen-bond acceptors (Lipinski definition) is 4. The van der Waals surface area contributed by atoms with Gasteiger partial charge < -0.3 is 19.9 Å². The molecule has 4 heteroatoms. The average molecular weight is 293 g/mol. The van der Waals surface area contributed by atoms with E-state index in [2.05, 4.69) is 55.3 Å². The summed E-state index contributed by atoms with van der Waals surface area (Å²) in [4.78, 5) is 4.59. The molecule has 1 N–H and O–H groups in total. The Morgan fingerprint density at radius 3 is 2.48 bits per heavy atom. The Hall–Kier alpha value is -1.10. The number of nitrogens with zero attached hydrogens (tertiary/aromatic N) is 2. The molecule has 0 bridgehead atoms. The van der Waals surface area contributed by atoms with Crippen LogP contribution >= 0.6 is 0 Å². The molecule has 1 atom stereocenters. The summed E-state index contributed by atoms with van der Waals surface area (Å²) in [6.45, 7) is 6.33. The second kappa shape index (κ2) is 9.77. The summed E-state index contributed by atoms with van der Waals surface area (Å²) in [7, 11) is 8.15. The van der Waals surface area contributed by atoms with Crippen molar-refractivity contribution in [2.45, 2.75) is 19.4 Å². The normalized spacial score (nSPS) is 12.9. The fraction of sp³-hybridized carbons (Fsp3) is 0.647. The summed E-state index contributed by atoms with van der Waals surface area (Å²) in [6.07, 6.45) is 1.13. The SMILES string of the molecule is CCCNC(CN(C)CCN(C)C)c1ccccc1OC. The minimum atomic E-state index is 0.299. The maximum Gasteiger partial charge on any atom is 0.123 e. The lowest BCUT2D eigenvalue weighted by Crippen LogP contribution is -2.36. The molecular weight excluding hydrogens is 262 g/mol. The summed E-state index contributed by atoms with van der Waals surface area (Å²) in [6, 6.07) is 8.60. The van der Waals surface area contributed by atoms with Crippen molar-refractivity contribution in [3.63, 3.8) is 0 Å². The van der Waals surface area contributed by atoms with E-state index in [4.69, 9.17) is 4.74 Å². The Morgan fingerprint density at radius 2 is 1.86 bits per heavy atom. The van der Waals surface area contributed by atoms with Crippen LogP contribution in [0.4, 0.5) is 0 Å². The van der Waals surface area contributed by atoms with Gasteiger partial charge in [-0.1, -0.05) is 25.1 Å². The van der Waals surface area contributed by atoms with Crippen LogP contribution in [0.15, 0.2) is 24.3 Å². The van der Waals surface area contributed by atoms with Crippen LogP contribution < -0.4 is 10.1 Å². The number of ether oxygens (including phenoxy) is 1. The van der Waals surface area contributed by atoms with E-state index in [0.29, 0.717) is 6.04 Å². The third-order valence-electron chi connectivity index (χ3n) is 3.58. The lowest BCUT2D eigenvalue weighted by Gasteiger charge is -2.27. The number of hydrogen-bond donors (Lipinski definition) is 1. The minimum absolute atomic E-state index is 0.299. The van der Waals surface area contributed by atoms with Crippen molar-refractivity contribution in [1.29, 1.82) is 0 Å². The number of nitrogens with one attached hydrogen (secondary N) is 1. The predicted molar refractivity (Wildman–Crippen MR) is 90.1 cm³/mol. The molecule has 0 aliphatic rings. The van der Waals surface area contributed by atoms with Crippen LogP contribution in [0.3, 0.4) is 0 Å². The van der Waals surface area contributed by atoms with Crippen LogP contribution in [0.1, 0.15) is 24.9 Å². The summed E-state index contributed by atoms with van der Waals surface area (Å²) >= 11 is 0. The summed E-state index contributed by atoms with van der Waals surface area (Å²) in [5, 5.41) is 3.64. The van der Waals surface area contributed by atoms with Crippen LogP contribution in [0, 0.1) is 0 Å². The highest BCUT2D eigenvalue weighted by Crippen LogP contribution is 2.25. The van der Waals surface area contributed by atoms with E-state index in [9.17, 15) is 0 Å². The molecule has 0 aliphatic heterocycles. The Bertz CT molecular complexity index is 395. The largest absolute Gasteiger partial charge is 0.496 e. The fourth-order valence-electron chi connectivity index (χ4n) is 2.32. The van der Waals surface area contributed by atoms with Crippen molar-refractivity contribution in [1.82, 2.24) is 15.1 Å². The zero-order valence-corrected chi connectivity index (χ0v) is 14.2. The van der Waals surface area contributed by atoms with E-state index in [1.165, 1.54) is 5.56 Å². The van der Waals surface area contributed by atoms with Crippen molar-refractivity contribution in [2.75, 3.05) is 54.4 Å². The van der Waals surface area contributed by atoms with Crippen LogP contribution in [-0.4, -0.2) is 64.2 Å². The van der Waals surface area contributed by atoms with Gasteiger partial charge >= 0.3 is 0 Å². The van der Waals surface area contributed by atoms with Crippen molar-refractivity contribution in [3.8, 4) is 5.75 Å². The highest BCUT2D eigenvalue weighted by Gasteiger charge is 2.17. The zero-order valence-electron chi connectivity index (χ0n) is 14.2. The van der Waals surface area contributed by atoms with E-state index in [1.54, 1.807) is 7.11 Å². The maximum absolute atomic E-state index is 5.52. The minimum Gasteiger partial charge on any atom is -0.496 e. The Labute approximate surface area is 130 Å². The third-order valence-corrected chi connectivity index (χ3v) is 3.58. The molecule has 1 aromatic carbocycles. The van der Waals surface area contributed by atoms with Gasteiger partial charge in [0, 0.05) is 31.2 Å². The van der Waals surface area contributed by atoms with Crippen molar-refractivity contribution >= 4 is 0 Å². The Kier molecular flexibility index (Phi) is 8.35. The fourth-order valence-corrected chi connectivity index (χ4v) is 2.32. The van der Waals surface area contributed by atoms with E-state index < -0.39 is 0 Å². The maximum atomic E-state index is 5.52. The molecule has 0 aromatic heterocycles. The number of rotatable bonds is 10. The van der Waals surface area contributed by atoms with Gasteiger partial charge in [-0.3, -0.25) is 0 Å². The molecule has 1 rings (SSSR count). The van der Waals surface area contributed by atoms with E-state index in [0.717, 1.165) is 38.3 Å². The highest BCUT2D eigenvalue weighted by atomic mass is 16.5. The van der Waals surface area contributed by atoms with Gasteiger partial charge in [-0.15, -0.1) is 0 Å². The van der Waals surface area contributed by atoms with E-state index >= 15 is 0 Å². The molecule has 0 spiro atoms. The molecule has 0 heterocycles. The van der Waals surface area contributed by atoms with Crippen LogP contribution in [0.25, 0.3) is 0 Å². The monoisotopic (exact) mass is 293 g/mol. The smallest absolute Gasteiger partial charge is 0.123 e. The molecular formula is C17H31N3O. The molecule has 0 fully saturated rings. The summed E-state index contributed by atoms with van der Waals surface area (Å²) < 4.78 is 5.52. The molecule has 21 heavy (non-hydrogen) atoms. The van der Waals surface area contributed by atoms with Gasteiger partial charge in [0.2, 0.25) is 0 Å². The third kappa shape index (κ3) is 6.46. The molecule has 0 saturated heterocycles. The number of methoxy groups -OCH3 is 1. The second-order valence-electron chi connectivity index (χ2n) is 5.81. The van der Waals surface area contributed by atoms with Crippen molar-refractivity contribution < 1.29 is 4.74 Å². The van der Waals surface area contributed by atoms with Crippen LogP contribution in [0.5, 0.6) is 5.75 Å². The van der Waals surface area contributed by atoms with Gasteiger partial charge in [0.1, 0.15) is 5.75 Å². The molecule has 0 aliphatic carbocycles. The van der Waals surface area contributed by atoms with Crippen LogP contribution in [-0.2, 0) is 0 Å². The molecule has 0 amide bonds. The van der Waals surface area contributed by atoms with Crippen LogP contribution in [0.2, 0.25) is 0 Å². The van der Waals surface area contributed by atoms with E-state index in [-0.39, 0.29) is 0 Å².